The first-order chi connectivity index (χ1) is 11.2. The largest absolute Gasteiger partial charge is 0.493 e. The Morgan fingerprint density at radius 3 is 2.83 bits per heavy atom. The van der Waals surface area contributed by atoms with Gasteiger partial charge in [0.2, 0.25) is 0 Å². The zero-order chi connectivity index (χ0) is 16.2. The number of aryl methyl sites for hydroxylation is 2. The maximum absolute atomic E-state index is 5.59. The predicted octanol–water partition coefficient (Wildman–Crippen LogP) is 2.36. The van der Waals surface area contributed by atoms with Gasteiger partial charge in [-0.25, -0.2) is 4.68 Å². The summed E-state index contributed by atoms with van der Waals surface area (Å²) in [6, 6.07) is 9.72. The molecule has 2 heterocycles. The number of para-hydroxylation sites is 1. The van der Waals surface area contributed by atoms with Crippen LogP contribution in [0, 0.1) is 13.8 Å². The molecular formula is C16H18N6O. The van der Waals surface area contributed by atoms with Gasteiger partial charge in [0.1, 0.15) is 12.1 Å². The molecule has 7 heteroatoms. The molecule has 118 valence electrons. The average Bonchev–Trinajstić information content (AvgIpc) is 3.12. The van der Waals surface area contributed by atoms with Crippen LogP contribution < -0.4 is 4.74 Å². The van der Waals surface area contributed by atoms with Gasteiger partial charge in [-0.15, -0.1) is 10.2 Å². The number of ether oxygens (including phenoxy) is 1. The lowest BCUT2D eigenvalue weighted by atomic mass is 10.2. The summed E-state index contributed by atoms with van der Waals surface area (Å²) in [6.07, 6.45) is 3.27. The van der Waals surface area contributed by atoms with Crippen molar-refractivity contribution in [1.82, 2.24) is 24.7 Å². The van der Waals surface area contributed by atoms with Crippen molar-refractivity contribution < 1.29 is 4.74 Å². The van der Waals surface area contributed by atoms with E-state index in [4.69, 9.17) is 4.74 Å². The van der Waals surface area contributed by atoms with Crippen molar-refractivity contribution in [3.63, 3.8) is 0 Å². The van der Waals surface area contributed by atoms with Crippen molar-refractivity contribution in [1.29, 1.82) is 0 Å². The molecule has 0 spiro atoms. The van der Waals surface area contributed by atoms with Crippen LogP contribution in [0.4, 0.5) is 0 Å². The van der Waals surface area contributed by atoms with Gasteiger partial charge in [-0.2, -0.15) is 14.9 Å². The molecule has 0 saturated carbocycles. The smallest absolute Gasteiger partial charge is 0.273 e. The molecular weight excluding hydrogens is 292 g/mol. The molecule has 0 aliphatic carbocycles. The van der Waals surface area contributed by atoms with Crippen molar-refractivity contribution in [2.75, 3.05) is 6.61 Å². The van der Waals surface area contributed by atoms with E-state index in [9.17, 15) is 0 Å². The number of aromatic nitrogens is 5. The molecule has 0 aliphatic rings. The minimum atomic E-state index is 0.542. The predicted molar refractivity (Wildman–Crippen MR) is 87.2 cm³/mol. The lowest BCUT2D eigenvalue weighted by Gasteiger charge is -2.06. The van der Waals surface area contributed by atoms with E-state index in [-0.39, 0.29) is 0 Å². The van der Waals surface area contributed by atoms with Crippen LogP contribution in [0.15, 0.2) is 41.8 Å². The van der Waals surface area contributed by atoms with Crippen LogP contribution in [0.5, 0.6) is 5.75 Å². The molecule has 0 bridgehead atoms. The Kier molecular flexibility index (Phi) is 4.18. The SMILES string of the molecule is CCOc1ccccc1/C=N\n1cnnc1-n1nc(C)cc1C. The maximum atomic E-state index is 5.59. The second kappa shape index (κ2) is 6.43. The Bertz CT molecular complexity index is 833. The van der Waals surface area contributed by atoms with Crippen molar-refractivity contribution >= 4 is 6.21 Å². The van der Waals surface area contributed by atoms with Crippen LogP contribution in [-0.4, -0.2) is 37.5 Å². The van der Waals surface area contributed by atoms with Gasteiger partial charge >= 0.3 is 0 Å². The van der Waals surface area contributed by atoms with E-state index in [1.165, 1.54) is 0 Å². The zero-order valence-corrected chi connectivity index (χ0v) is 13.3. The van der Waals surface area contributed by atoms with E-state index in [0.29, 0.717) is 12.6 Å². The summed E-state index contributed by atoms with van der Waals surface area (Å²) in [6.45, 7) is 6.46. The summed E-state index contributed by atoms with van der Waals surface area (Å²) in [5, 5.41) is 16.9. The van der Waals surface area contributed by atoms with Crippen molar-refractivity contribution in [3.8, 4) is 11.7 Å². The highest BCUT2D eigenvalue weighted by Crippen LogP contribution is 2.16. The van der Waals surface area contributed by atoms with Crippen LogP contribution >= 0.6 is 0 Å². The van der Waals surface area contributed by atoms with E-state index < -0.39 is 0 Å². The Morgan fingerprint density at radius 1 is 1.26 bits per heavy atom. The van der Waals surface area contributed by atoms with Crippen molar-refractivity contribution in [2.24, 2.45) is 5.10 Å². The second-order valence-electron chi connectivity index (χ2n) is 5.03. The highest BCUT2D eigenvalue weighted by Gasteiger charge is 2.10. The Hall–Kier alpha value is -2.96. The first-order valence-electron chi connectivity index (χ1n) is 7.39. The van der Waals surface area contributed by atoms with Gasteiger partial charge in [0, 0.05) is 11.3 Å². The highest BCUT2D eigenvalue weighted by atomic mass is 16.5. The number of hydrogen-bond donors (Lipinski definition) is 0. The standard InChI is InChI=1S/C16H18N6O/c1-4-23-15-8-6-5-7-14(15)10-18-21-11-17-19-16(21)22-13(3)9-12(2)20-22/h5-11H,4H2,1-3H3/b18-10-. The molecule has 0 N–H and O–H groups in total. The highest BCUT2D eigenvalue weighted by molar-refractivity contribution is 5.83. The van der Waals surface area contributed by atoms with Crippen LogP contribution in [0.25, 0.3) is 5.95 Å². The van der Waals surface area contributed by atoms with Gasteiger partial charge in [-0.1, -0.05) is 12.1 Å². The molecule has 2 aromatic heterocycles. The van der Waals surface area contributed by atoms with E-state index in [2.05, 4.69) is 20.4 Å². The fraction of sp³-hybridized carbons (Fsp3) is 0.250. The van der Waals surface area contributed by atoms with Crippen LogP contribution in [-0.2, 0) is 0 Å². The molecule has 0 atom stereocenters. The Morgan fingerprint density at radius 2 is 2.09 bits per heavy atom. The third-order valence-corrected chi connectivity index (χ3v) is 3.25. The molecule has 0 amide bonds. The van der Waals surface area contributed by atoms with E-state index in [1.54, 1.807) is 21.9 Å². The molecule has 0 fully saturated rings. The molecule has 7 nitrogen and oxygen atoms in total. The van der Waals surface area contributed by atoms with Gasteiger partial charge in [0.15, 0.2) is 0 Å². The minimum absolute atomic E-state index is 0.542. The van der Waals surface area contributed by atoms with Crippen LogP contribution in [0.3, 0.4) is 0 Å². The van der Waals surface area contributed by atoms with E-state index >= 15 is 0 Å². The maximum Gasteiger partial charge on any atom is 0.273 e. The normalized spacial score (nSPS) is 11.3. The van der Waals surface area contributed by atoms with E-state index in [1.807, 2.05) is 51.1 Å². The molecule has 23 heavy (non-hydrogen) atoms. The van der Waals surface area contributed by atoms with Gasteiger partial charge < -0.3 is 4.74 Å². The third kappa shape index (κ3) is 3.13. The zero-order valence-electron chi connectivity index (χ0n) is 13.3. The van der Waals surface area contributed by atoms with Crippen LogP contribution in [0.2, 0.25) is 0 Å². The molecule has 0 unspecified atom stereocenters. The van der Waals surface area contributed by atoms with Gasteiger partial charge in [-0.05, 0) is 39.0 Å². The third-order valence-electron chi connectivity index (χ3n) is 3.25. The molecule has 0 radical (unpaired) electrons. The summed E-state index contributed by atoms with van der Waals surface area (Å²) in [5.74, 6) is 1.33. The summed E-state index contributed by atoms with van der Waals surface area (Å²) in [4.78, 5) is 0. The fourth-order valence-electron chi connectivity index (χ4n) is 2.27. The number of rotatable bonds is 5. The second-order valence-corrected chi connectivity index (χ2v) is 5.03. The summed E-state index contributed by atoms with van der Waals surface area (Å²) in [5.41, 5.74) is 2.78. The topological polar surface area (TPSA) is 70.1 Å². The summed E-state index contributed by atoms with van der Waals surface area (Å²) >= 11 is 0. The number of hydrogen-bond acceptors (Lipinski definition) is 5. The van der Waals surface area contributed by atoms with Crippen molar-refractivity contribution in [3.05, 3.63) is 53.6 Å². The van der Waals surface area contributed by atoms with Crippen molar-refractivity contribution in [2.45, 2.75) is 20.8 Å². The molecule has 0 saturated heterocycles. The monoisotopic (exact) mass is 310 g/mol. The first kappa shape index (κ1) is 15.0. The molecule has 0 aliphatic heterocycles. The molecule has 3 rings (SSSR count). The Labute approximate surface area is 134 Å². The molecule has 1 aromatic carbocycles. The van der Waals surface area contributed by atoms with Gasteiger partial charge in [-0.3, -0.25) is 0 Å². The van der Waals surface area contributed by atoms with E-state index in [0.717, 1.165) is 22.7 Å². The Balaban J connectivity index is 1.93. The van der Waals surface area contributed by atoms with Gasteiger partial charge in [0.05, 0.1) is 18.5 Å². The quantitative estimate of drug-likeness (QED) is 0.678. The lowest BCUT2D eigenvalue weighted by Crippen LogP contribution is -2.06. The average molecular weight is 310 g/mol. The minimum Gasteiger partial charge on any atom is -0.493 e. The number of benzene rings is 1. The summed E-state index contributed by atoms with van der Waals surface area (Å²) in [7, 11) is 0. The summed E-state index contributed by atoms with van der Waals surface area (Å²) < 4.78 is 8.90. The van der Waals surface area contributed by atoms with Gasteiger partial charge in [0.25, 0.3) is 5.95 Å². The lowest BCUT2D eigenvalue weighted by molar-refractivity contribution is 0.340. The number of nitrogens with zero attached hydrogens (tertiary/aromatic N) is 6. The molecule has 3 aromatic rings. The fourth-order valence-corrected chi connectivity index (χ4v) is 2.27. The first-order valence-corrected chi connectivity index (χ1v) is 7.39. The van der Waals surface area contributed by atoms with Crippen LogP contribution in [0.1, 0.15) is 23.9 Å².